The van der Waals surface area contributed by atoms with Crippen LogP contribution in [0.4, 0.5) is 0 Å². The van der Waals surface area contributed by atoms with Gasteiger partial charge in [-0.1, -0.05) is 19.4 Å². The van der Waals surface area contributed by atoms with Gasteiger partial charge >= 0.3 is 0 Å². The van der Waals surface area contributed by atoms with Crippen LogP contribution in [0, 0.1) is 0 Å². The molecular weight excluding hydrogens is 344 g/mol. The van der Waals surface area contributed by atoms with Gasteiger partial charge in [-0.15, -0.1) is 0 Å². The number of ether oxygens (including phenoxy) is 3. The molecule has 0 bridgehead atoms. The predicted molar refractivity (Wildman–Crippen MR) is 94.4 cm³/mol. The molecule has 0 radical (unpaired) electrons. The van der Waals surface area contributed by atoms with E-state index in [1.807, 2.05) is 25.1 Å². The van der Waals surface area contributed by atoms with E-state index in [0.717, 1.165) is 30.8 Å². The van der Waals surface area contributed by atoms with Crippen molar-refractivity contribution in [1.29, 1.82) is 0 Å². The Morgan fingerprint density at radius 1 is 1.20 bits per heavy atom. The molecule has 2 heterocycles. The molecule has 0 spiro atoms. The van der Waals surface area contributed by atoms with Crippen LogP contribution in [0.3, 0.4) is 0 Å². The van der Waals surface area contributed by atoms with Gasteiger partial charge < -0.3 is 14.2 Å². The van der Waals surface area contributed by atoms with Crippen molar-refractivity contribution in [2.75, 3.05) is 45.4 Å². The summed E-state index contributed by atoms with van der Waals surface area (Å²) in [5.41, 5.74) is 1.02. The van der Waals surface area contributed by atoms with Gasteiger partial charge in [-0.05, 0) is 24.1 Å². The van der Waals surface area contributed by atoms with Crippen molar-refractivity contribution in [3.63, 3.8) is 0 Å². The molecule has 1 fully saturated rings. The van der Waals surface area contributed by atoms with Gasteiger partial charge in [-0.2, -0.15) is 0 Å². The second-order valence-corrected chi connectivity index (χ2v) is 8.22. The molecule has 7 nitrogen and oxygen atoms in total. The van der Waals surface area contributed by atoms with Crippen molar-refractivity contribution in [3.05, 3.63) is 23.8 Å². The van der Waals surface area contributed by atoms with Gasteiger partial charge in [0.25, 0.3) is 0 Å². The van der Waals surface area contributed by atoms with Crippen LogP contribution in [0.2, 0.25) is 0 Å². The fourth-order valence-electron chi connectivity index (χ4n) is 3.08. The zero-order valence-electron chi connectivity index (χ0n) is 14.6. The number of hydrogen-bond acceptors (Lipinski definition) is 6. The van der Waals surface area contributed by atoms with Crippen molar-refractivity contribution in [2.45, 2.75) is 25.8 Å². The highest BCUT2D eigenvalue weighted by molar-refractivity contribution is 7.89. The van der Waals surface area contributed by atoms with E-state index in [-0.39, 0.29) is 18.6 Å². The minimum atomic E-state index is -3.26. The monoisotopic (exact) mass is 370 g/mol. The van der Waals surface area contributed by atoms with E-state index in [2.05, 4.69) is 9.62 Å². The summed E-state index contributed by atoms with van der Waals surface area (Å²) in [5, 5.41) is 0. The number of unbranched alkanes of at least 4 members (excludes halogenated alkanes) is 1. The van der Waals surface area contributed by atoms with Crippen LogP contribution in [0.5, 0.6) is 11.5 Å². The molecule has 1 unspecified atom stereocenters. The quantitative estimate of drug-likeness (QED) is 0.747. The number of fused-ring (bicyclic) bond motifs is 1. The first-order valence-electron chi connectivity index (χ1n) is 8.78. The van der Waals surface area contributed by atoms with E-state index in [9.17, 15) is 8.42 Å². The molecule has 1 aromatic carbocycles. The Labute approximate surface area is 149 Å². The molecule has 1 N–H and O–H groups in total. The average molecular weight is 370 g/mol. The number of nitrogens with zero attached hydrogens (tertiary/aromatic N) is 1. The minimum Gasteiger partial charge on any atom is -0.454 e. The van der Waals surface area contributed by atoms with Gasteiger partial charge in [-0.25, -0.2) is 13.1 Å². The summed E-state index contributed by atoms with van der Waals surface area (Å²) in [4.78, 5) is 2.25. The lowest BCUT2D eigenvalue weighted by Gasteiger charge is -2.35. The van der Waals surface area contributed by atoms with E-state index in [1.54, 1.807) is 0 Å². The van der Waals surface area contributed by atoms with E-state index < -0.39 is 10.0 Å². The van der Waals surface area contributed by atoms with Gasteiger partial charge in [0.05, 0.1) is 19.0 Å². The van der Waals surface area contributed by atoms with Crippen molar-refractivity contribution >= 4 is 10.0 Å². The molecule has 0 amide bonds. The van der Waals surface area contributed by atoms with Crippen molar-refractivity contribution in [2.24, 2.45) is 0 Å². The predicted octanol–water partition coefficient (Wildman–Crippen LogP) is 1.51. The van der Waals surface area contributed by atoms with Gasteiger partial charge in [-0.3, -0.25) is 4.90 Å². The fourth-order valence-corrected chi connectivity index (χ4v) is 4.30. The Kier molecular flexibility index (Phi) is 6.16. The van der Waals surface area contributed by atoms with Crippen LogP contribution in [0.1, 0.15) is 31.4 Å². The third-order valence-corrected chi connectivity index (χ3v) is 5.96. The lowest BCUT2D eigenvalue weighted by Crippen LogP contribution is -2.44. The van der Waals surface area contributed by atoms with Gasteiger partial charge in [0.1, 0.15) is 0 Å². The van der Waals surface area contributed by atoms with Crippen LogP contribution in [0.25, 0.3) is 0 Å². The molecular formula is C17H26N2O5S. The lowest BCUT2D eigenvalue weighted by atomic mass is 10.0. The molecule has 0 saturated carbocycles. The van der Waals surface area contributed by atoms with Crippen LogP contribution in [0.15, 0.2) is 18.2 Å². The molecule has 1 aromatic rings. The fraction of sp³-hybridized carbons (Fsp3) is 0.647. The highest BCUT2D eigenvalue weighted by Gasteiger charge is 2.26. The van der Waals surface area contributed by atoms with Gasteiger partial charge in [0.2, 0.25) is 16.8 Å². The highest BCUT2D eigenvalue weighted by atomic mass is 32.2. The van der Waals surface area contributed by atoms with Crippen LogP contribution < -0.4 is 14.2 Å². The highest BCUT2D eigenvalue weighted by Crippen LogP contribution is 2.35. The number of hydrogen-bond donors (Lipinski definition) is 1. The number of benzene rings is 1. The van der Waals surface area contributed by atoms with Gasteiger partial charge in [0.15, 0.2) is 11.5 Å². The third kappa shape index (κ3) is 4.84. The van der Waals surface area contributed by atoms with E-state index in [4.69, 9.17) is 14.2 Å². The first-order chi connectivity index (χ1) is 12.1. The maximum absolute atomic E-state index is 12.2. The molecule has 3 rings (SSSR count). The molecule has 140 valence electrons. The second-order valence-electron chi connectivity index (χ2n) is 6.30. The van der Waals surface area contributed by atoms with E-state index in [1.165, 1.54) is 0 Å². The summed E-state index contributed by atoms with van der Waals surface area (Å²) < 4.78 is 43.4. The van der Waals surface area contributed by atoms with E-state index >= 15 is 0 Å². The third-order valence-electron chi connectivity index (χ3n) is 4.53. The molecule has 1 saturated heterocycles. The Morgan fingerprint density at radius 3 is 2.72 bits per heavy atom. The Balaban J connectivity index is 1.75. The molecule has 8 heteroatoms. The molecule has 25 heavy (non-hydrogen) atoms. The number of rotatable bonds is 8. The lowest BCUT2D eigenvalue weighted by molar-refractivity contribution is 0.0171. The molecule has 0 aromatic heterocycles. The first kappa shape index (κ1) is 18.4. The molecule has 2 aliphatic heterocycles. The van der Waals surface area contributed by atoms with E-state index in [0.29, 0.717) is 31.9 Å². The molecule has 2 aliphatic rings. The SMILES string of the molecule is CCCCS(=O)(=O)NCC(c1ccc2c(c1)OCO2)N1CCOCC1. The summed E-state index contributed by atoms with van der Waals surface area (Å²) in [6.45, 7) is 5.41. The van der Waals surface area contributed by atoms with Crippen LogP contribution in [-0.4, -0.2) is 58.7 Å². The Morgan fingerprint density at radius 2 is 1.96 bits per heavy atom. The summed E-state index contributed by atoms with van der Waals surface area (Å²) in [7, 11) is -3.26. The van der Waals surface area contributed by atoms with Crippen LogP contribution >= 0.6 is 0 Å². The largest absolute Gasteiger partial charge is 0.454 e. The zero-order valence-corrected chi connectivity index (χ0v) is 15.4. The maximum atomic E-state index is 12.2. The van der Waals surface area contributed by atoms with Gasteiger partial charge in [0, 0.05) is 25.7 Å². The minimum absolute atomic E-state index is 0.0604. The standard InChI is InChI=1S/C17H26N2O5S/c1-2-3-10-25(20,21)18-12-15(19-6-8-22-9-7-19)14-4-5-16-17(11-14)24-13-23-16/h4-5,11,15,18H,2-3,6-10,12-13H2,1H3. The van der Waals surface area contributed by atoms with Crippen molar-refractivity contribution in [3.8, 4) is 11.5 Å². The number of morpholine rings is 1. The molecule has 0 aliphatic carbocycles. The summed E-state index contributed by atoms with van der Waals surface area (Å²) in [6.07, 6.45) is 1.53. The number of sulfonamides is 1. The maximum Gasteiger partial charge on any atom is 0.231 e. The topological polar surface area (TPSA) is 77.1 Å². The average Bonchev–Trinajstić information content (AvgIpc) is 3.09. The summed E-state index contributed by atoms with van der Waals surface area (Å²) in [6, 6.07) is 5.75. The van der Waals surface area contributed by atoms with Crippen molar-refractivity contribution < 1.29 is 22.6 Å². The zero-order chi connectivity index (χ0) is 17.7. The number of nitrogens with one attached hydrogen (secondary N) is 1. The van der Waals surface area contributed by atoms with Crippen LogP contribution in [-0.2, 0) is 14.8 Å². The Hall–Kier alpha value is -1.35. The first-order valence-corrected chi connectivity index (χ1v) is 10.4. The summed E-state index contributed by atoms with van der Waals surface area (Å²) in [5.74, 6) is 1.61. The second kappa shape index (κ2) is 8.35. The molecule has 1 atom stereocenters. The smallest absolute Gasteiger partial charge is 0.231 e. The normalized spacial score (nSPS) is 19.1. The van der Waals surface area contributed by atoms with Crippen molar-refractivity contribution in [1.82, 2.24) is 9.62 Å². The Bertz CT molecular complexity index is 674. The summed E-state index contributed by atoms with van der Waals surface area (Å²) >= 11 is 0.